The molecule has 1 heterocycles. The van der Waals surface area contributed by atoms with Crippen LogP contribution in [0.5, 0.6) is 23.0 Å². The molecule has 30 heavy (non-hydrogen) atoms. The van der Waals surface area contributed by atoms with Gasteiger partial charge in [0.1, 0.15) is 23.0 Å². The molecule has 0 aliphatic rings. The van der Waals surface area contributed by atoms with E-state index in [1.54, 1.807) is 34.7 Å². The van der Waals surface area contributed by atoms with Gasteiger partial charge < -0.3 is 18.9 Å². The van der Waals surface area contributed by atoms with Gasteiger partial charge in [0.2, 0.25) is 5.13 Å². The lowest BCUT2D eigenvalue weighted by atomic mass is 10.0. The summed E-state index contributed by atoms with van der Waals surface area (Å²) in [6, 6.07) is 11.1. The Kier molecular flexibility index (Phi) is 5.65. The van der Waals surface area contributed by atoms with Crippen LogP contribution >= 0.6 is 22.9 Å². The molecule has 0 saturated carbocycles. The van der Waals surface area contributed by atoms with E-state index in [0.717, 1.165) is 26.6 Å². The lowest BCUT2D eigenvalue weighted by Crippen LogP contribution is -1.99. The third-order valence-electron chi connectivity index (χ3n) is 4.67. The molecule has 0 N–H and O–H groups in total. The number of halogens is 1. The molecule has 0 bridgehead atoms. The average Bonchev–Trinajstić information content (AvgIpc) is 3.17. The molecule has 0 fully saturated rings. The van der Waals surface area contributed by atoms with Crippen LogP contribution in [0, 0.1) is 0 Å². The van der Waals surface area contributed by atoms with E-state index in [2.05, 4.69) is 9.98 Å². The summed E-state index contributed by atoms with van der Waals surface area (Å²) in [5, 5.41) is 2.80. The molecule has 6 nitrogen and oxygen atoms in total. The molecule has 0 aliphatic carbocycles. The van der Waals surface area contributed by atoms with Gasteiger partial charge in [0.25, 0.3) is 0 Å². The molecule has 154 valence electrons. The van der Waals surface area contributed by atoms with Gasteiger partial charge in [-0.15, -0.1) is 0 Å². The molecule has 1 aromatic heterocycles. The molecule has 3 aromatic carbocycles. The van der Waals surface area contributed by atoms with Gasteiger partial charge >= 0.3 is 0 Å². The van der Waals surface area contributed by atoms with Crippen molar-refractivity contribution in [2.45, 2.75) is 0 Å². The zero-order chi connectivity index (χ0) is 21.3. The second kappa shape index (κ2) is 8.38. The van der Waals surface area contributed by atoms with Crippen LogP contribution in [-0.4, -0.2) is 39.6 Å². The smallest absolute Gasteiger partial charge is 0.210 e. The number of nitrogens with zero attached hydrogens (tertiary/aromatic N) is 2. The third-order valence-corrected chi connectivity index (χ3v) is 5.83. The van der Waals surface area contributed by atoms with Crippen molar-refractivity contribution < 1.29 is 18.9 Å². The number of ether oxygens (including phenoxy) is 4. The maximum Gasteiger partial charge on any atom is 0.210 e. The van der Waals surface area contributed by atoms with Crippen molar-refractivity contribution in [2.75, 3.05) is 28.4 Å². The Bertz CT molecular complexity index is 1270. The Morgan fingerprint density at radius 3 is 2.23 bits per heavy atom. The van der Waals surface area contributed by atoms with E-state index in [9.17, 15) is 0 Å². The van der Waals surface area contributed by atoms with Gasteiger partial charge in [-0.3, -0.25) is 0 Å². The third kappa shape index (κ3) is 3.51. The second-order valence-corrected chi connectivity index (χ2v) is 7.73. The van der Waals surface area contributed by atoms with E-state index in [4.69, 9.17) is 30.5 Å². The fraction of sp³-hybridized carbons (Fsp3) is 0.182. The van der Waals surface area contributed by atoms with Crippen LogP contribution in [0.3, 0.4) is 0 Å². The molecular formula is C22H19ClN2O4S. The van der Waals surface area contributed by atoms with E-state index < -0.39 is 0 Å². The van der Waals surface area contributed by atoms with E-state index in [0.29, 0.717) is 33.2 Å². The minimum absolute atomic E-state index is 0.606. The number of rotatable bonds is 6. The summed E-state index contributed by atoms with van der Waals surface area (Å²) >= 11 is 7.53. The summed E-state index contributed by atoms with van der Waals surface area (Å²) in [4.78, 5) is 9.10. The van der Waals surface area contributed by atoms with Gasteiger partial charge in [-0.2, -0.15) is 0 Å². The van der Waals surface area contributed by atoms with Crippen LogP contribution in [0.2, 0.25) is 5.02 Å². The Labute approximate surface area is 182 Å². The molecule has 0 unspecified atom stereocenters. The van der Waals surface area contributed by atoms with Crippen molar-refractivity contribution in [3.8, 4) is 23.0 Å². The Morgan fingerprint density at radius 2 is 1.57 bits per heavy atom. The molecule has 0 atom stereocenters. The minimum atomic E-state index is 0.606. The summed E-state index contributed by atoms with van der Waals surface area (Å²) in [6.07, 6.45) is 1.71. The minimum Gasteiger partial charge on any atom is -0.496 e. The van der Waals surface area contributed by atoms with Crippen LogP contribution < -0.4 is 18.9 Å². The highest BCUT2D eigenvalue weighted by molar-refractivity contribution is 7.22. The molecule has 0 aliphatic heterocycles. The molecular weight excluding hydrogens is 424 g/mol. The van der Waals surface area contributed by atoms with E-state index >= 15 is 0 Å². The number of benzene rings is 3. The first kappa shape index (κ1) is 20.3. The maximum absolute atomic E-state index is 6.07. The zero-order valence-electron chi connectivity index (χ0n) is 16.9. The average molecular weight is 443 g/mol. The fourth-order valence-electron chi connectivity index (χ4n) is 3.34. The van der Waals surface area contributed by atoms with Crippen molar-refractivity contribution >= 4 is 55.3 Å². The summed E-state index contributed by atoms with van der Waals surface area (Å²) in [5.41, 5.74) is 1.58. The summed E-state index contributed by atoms with van der Waals surface area (Å²) < 4.78 is 23.5. The highest BCUT2D eigenvalue weighted by Crippen LogP contribution is 2.46. The van der Waals surface area contributed by atoms with Crippen molar-refractivity contribution in [3.05, 3.63) is 47.0 Å². The normalized spacial score (nSPS) is 11.4. The summed E-state index contributed by atoms with van der Waals surface area (Å²) in [5.74, 6) is 2.53. The number of thiazole rings is 1. The SMILES string of the molecule is COc1ccc(OC)c2c(OC)c(C=Nc3nc4ccc(Cl)cc4s3)cc(OC)c12. The molecule has 0 spiro atoms. The number of hydrogen-bond donors (Lipinski definition) is 0. The number of fused-ring (bicyclic) bond motifs is 2. The molecule has 0 saturated heterocycles. The van der Waals surface area contributed by atoms with Gasteiger partial charge in [0, 0.05) is 16.8 Å². The van der Waals surface area contributed by atoms with Crippen LogP contribution in [0.15, 0.2) is 41.4 Å². The van der Waals surface area contributed by atoms with Crippen LogP contribution in [0.25, 0.3) is 21.0 Å². The highest BCUT2D eigenvalue weighted by Gasteiger charge is 2.20. The molecule has 4 rings (SSSR count). The van der Waals surface area contributed by atoms with Crippen molar-refractivity contribution in [1.82, 2.24) is 4.98 Å². The summed E-state index contributed by atoms with van der Waals surface area (Å²) in [7, 11) is 6.44. The van der Waals surface area contributed by atoms with Crippen molar-refractivity contribution in [3.63, 3.8) is 0 Å². The first-order valence-corrected chi connectivity index (χ1v) is 10.2. The number of aromatic nitrogens is 1. The predicted molar refractivity (Wildman–Crippen MR) is 122 cm³/mol. The van der Waals surface area contributed by atoms with Gasteiger partial charge in [-0.05, 0) is 36.4 Å². The molecule has 0 radical (unpaired) electrons. The quantitative estimate of drug-likeness (QED) is 0.348. The first-order valence-electron chi connectivity index (χ1n) is 8.99. The number of methoxy groups -OCH3 is 4. The predicted octanol–water partition coefficient (Wildman–Crippen LogP) is 5.89. The topological polar surface area (TPSA) is 62.2 Å². The monoisotopic (exact) mass is 442 g/mol. The van der Waals surface area contributed by atoms with Crippen LogP contribution in [0.1, 0.15) is 5.56 Å². The Morgan fingerprint density at radius 1 is 0.867 bits per heavy atom. The highest BCUT2D eigenvalue weighted by atomic mass is 35.5. The van der Waals surface area contributed by atoms with E-state index in [1.807, 2.05) is 36.4 Å². The largest absolute Gasteiger partial charge is 0.496 e. The molecule has 8 heteroatoms. The Hall–Kier alpha value is -3.03. The molecule has 4 aromatic rings. The maximum atomic E-state index is 6.07. The first-order chi connectivity index (χ1) is 14.6. The van der Waals surface area contributed by atoms with Gasteiger partial charge in [-0.1, -0.05) is 22.9 Å². The number of aliphatic imine (C=N–C) groups is 1. The van der Waals surface area contributed by atoms with Crippen molar-refractivity contribution in [2.24, 2.45) is 4.99 Å². The van der Waals surface area contributed by atoms with Gasteiger partial charge in [0.05, 0.1) is 49.4 Å². The number of hydrogen-bond acceptors (Lipinski definition) is 7. The summed E-state index contributed by atoms with van der Waals surface area (Å²) in [6.45, 7) is 0. The van der Waals surface area contributed by atoms with E-state index in [-0.39, 0.29) is 0 Å². The second-order valence-electron chi connectivity index (χ2n) is 6.29. The van der Waals surface area contributed by atoms with Gasteiger partial charge in [0.15, 0.2) is 0 Å². The standard InChI is InChI=1S/C22H19ClN2O4S/c1-26-15-7-8-16(27-2)20-19(15)17(28-3)9-12(21(20)29-4)11-24-22-25-14-6-5-13(23)10-18(14)30-22/h5-11H,1-4H3. The van der Waals surface area contributed by atoms with E-state index in [1.165, 1.54) is 11.3 Å². The molecule has 0 amide bonds. The Balaban J connectivity index is 1.90. The fourth-order valence-corrected chi connectivity index (χ4v) is 4.43. The van der Waals surface area contributed by atoms with Gasteiger partial charge in [-0.25, -0.2) is 9.98 Å². The van der Waals surface area contributed by atoms with Crippen LogP contribution in [-0.2, 0) is 0 Å². The van der Waals surface area contributed by atoms with Crippen LogP contribution in [0.4, 0.5) is 5.13 Å². The lowest BCUT2D eigenvalue weighted by Gasteiger charge is -2.17. The van der Waals surface area contributed by atoms with Crippen molar-refractivity contribution in [1.29, 1.82) is 0 Å². The zero-order valence-corrected chi connectivity index (χ0v) is 18.4. The lowest BCUT2D eigenvalue weighted by molar-refractivity contribution is 0.392.